The van der Waals surface area contributed by atoms with Crippen molar-refractivity contribution in [3.05, 3.63) is 65.7 Å². The van der Waals surface area contributed by atoms with Gasteiger partial charge in [0.1, 0.15) is 0 Å². The average Bonchev–Trinajstić information content (AvgIpc) is 2.54. The van der Waals surface area contributed by atoms with Crippen LogP contribution in [0.1, 0.15) is 5.56 Å². The van der Waals surface area contributed by atoms with E-state index in [0.717, 1.165) is 12.1 Å². The van der Waals surface area contributed by atoms with Gasteiger partial charge in [-0.25, -0.2) is 8.78 Å². The second-order valence-corrected chi connectivity index (χ2v) is 5.65. The highest BCUT2D eigenvalue weighted by atomic mass is 19.4. The zero-order valence-electron chi connectivity index (χ0n) is 13.3. The molecule has 0 saturated carbocycles. The van der Waals surface area contributed by atoms with Crippen LogP contribution >= 0.6 is 0 Å². The average molecular weight is 397 g/mol. The maximum Gasteiger partial charge on any atom is 0.412 e. The summed E-state index contributed by atoms with van der Waals surface area (Å²) >= 11 is 0. The van der Waals surface area contributed by atoms with Gasteiger partial charge in [-0.15, -0.1) is 0 Å². The van der Waals surface area contributed by atoms with E-state index in [1.807, 2.05) is 0 Å². The number of halogens is 8. The van der Waals surface area contributed by atoms with Gasteiger partial charge in [0, 0.05) is 18.2 Å². The number of hydrogen-bond acceptors (Lipinski definition) is 1. The van der Waals surface area contributed by atoms with Gasteiger partial charge in [-0.05, 0) is 17.7 Å². The highest BCUT2D eigenvalue weighted by Crippen LogP contribution is 2.53. The molecule has 1 amide bonds. The minimum Gasteiger partial charge on any atom is -0.325 e. The summed E-state index contributed by atoms with van der Waals surface area (Å²) in [5, 5.41) is 1.40. The third kappa shape index (κ3) is 4.04. The third-order valence-corrected chi connectivity index (χ3v) is 3.85. The zero-order chi connectivity index (χ0) is 20.5. The van der Waals surface area contributed by atoms with Gasteiger partial charge in [0.2, 0.25) is 11.3 Å². The molecule has 0 saturated heterocycles. The summed E-state index contributed by atoms with van der Waals surface area (Å²) in [4.78, 5) is 12.2. The minimum absolute atomic E-state index is 0.285. The highest BCUT2D eigenvalue weighted by Gasteiger charge is 2.75. The second-order valence-electron chi connectivity index (χ2n) is 5.65. The molecular weight excluding hydrogens is 386 g/mol. The standard InChI is InChI=1S/C17H11F8NO/c18-12-7-6-11(8-13(12)19)26-14(27)15(16(20,21)22,17(23,24)25)9-10-4-2-1-3-5-10/h1-8H,9H2,(H,26,27). The smallest absolute Gasteiger partial charge is 0.325 e. The molecule has 0 atom stereocenters. The first-order valence-corrected chi connectivity index (χ1v) is 7.32. The molecule has 0 aliphatic rings. The molecule has 0 spiro atoms. The predicted molar refractivity (Wildman–Crippen MR) is 79.7 cm³/mol. The van der Waals surface area contributed by atoms with Gasteiger partial charge >= 0.3 is 12.4 Å². The van der Waals surface area contributed by atoms with Crippen LogP contribution in [0.15, 0.2) is 48.5 Å². The van der Waals surface area contributed by atoms with E-state index >= 15 is 0 Å². The van der Waals surface area contributed by atoms with Crippen molar-refractivity contribution in [2.24, 2.45) is 5.41 Å². The Bertz CT molecular complexity index is 800. The summed E-state index contributed by atoms with van der Waals surface area (Å²) in [6, 6.07) is 7.25. The van der Waals surface area contributed by atoms with Gasteiger partial charge in [-0.2, -0.15) is 26.3 Å². The monoisotopic (exact) mass is 397 g/mol. The lowest BCUT2D eigenvalue weighted by atomic mass is 9.78. The predicted octanol–water partition coefficient (Wildman–Crippen LogP) is 5.26. The SMILES string of the molecule is O=C(Nc1ccc(F)c(F)c1)C(Cc1ccccc1)(C(F)(F)F)C(F)(F)F. The summed E-state index contributed by atoms with van der Waals surface area (Å²) in [7, 11) is 0. The lowest BCUT2D eigenvalue weighted by Crippen LogP contribution is -2.59. The molecule has 10 heteroatoms. The number of amides is 1. The first-order chi connectivity index (χ1) is 12.4. The Balaban J connectivity index is 2.53. The van der Waals surface area contributed by atoms with Crippen molar-refractivity contribution in [3.63, 3.8) is 0 Å². The molecule has 2 rings (SSSR count). The third-order valence-electron chi connectivity index (χ3n) is 3.85. The van der Waals surface area contributed by atoms with E-state index < -0.39 is 47.4 Å². The minimum atomic E-state index is -6.01. The van der Waals surface area contributed by atoms with Crippen molar-refractivity contribution in [1.29, 1.82) is 0 Å². The number of carbonyl (C=O) groups excluding carboxylic acids is 1. The van der Waals surface area contributed by atoms with E-state index in [9.17, 15) is 39.9 Å². The number of benzene rings is 2. The Labute approximate surface area is 147 Å². The van der Waals surface area contributed by atoms with Gasteiger partial charge in [0.05, 0.1) is 0 Å². The Morgan fingerprint density at radius 2 is 1.37 bits per heavy atom. The van der Waals surface area contributed by atoms with E-state index in [2.05, 4.69) is 0 Å². The van der Waals surface area contributed by atoms with Crippen LogP contribution in [0.4, 0.5) is 40.8 Å². The first-order valence-electron chi connectivity index (χ1n) is 7.32. The van der Waals surface area contributed by atoms with Crippen LogP contribution in [0.2, 0.25) is 0 Å². The number of carbonyl (C=O) groups is 1. The van der Waals surface area contributed by atoms with Crippen molar-refractivity contribution < 1.29 is 39.9 Å². The van der Waals surface area contributed by atoms with E-state index in [-0.39, 0.29) is 11.6 Å². The lowest BCUT2D eigenvalue weighted by molar-refractivity contribution is -0.323. The molecule has 0 fully saturated rings. The van der Waals surface area contributed by atoms with Gasteiger partial charge < -0.3 is 5.32 Å². The van der Waals surface area contributed by atoms with E-state index in [1.165, 1.54) is 23.5 Å². The van der Waals surface area contributed by atoms with Gasteiger partial charge in [0.15, 0.2) is 11.6 Å². The first kappa shape index (κ1) is 20.7. The number of rotatable bonds is 4. The zero-order valence-corrected chi connectivity index (χ0v) is 13.3. The van der Waals surface area contributed by atoms with Crippen molar-refractivity contribution in [2.75, 3.05) is 5.32 Å². The van der Waals surface area contributed by atoms with Crippen LogP contribution in [-0.4, -0.2) is 18.3 Å². The Morgan fingerprint density at radius 1 is 0.815 bits per heavy atom. The lowest BCUT2D eigenvalue weighted by Gasteiger charge is -2.36. The number of hydrogen-bond donors (Lipinski definition) is 1. The quantitative estimate of drug-likeness (QED) is 0.701. The van der Waals surface area contributed by atoms with Crippen LogP contribution in [0.3, 0.4) is 0 Å². The molecule has 0 aliphatic carbocycles. The summed E-state index contributed by atoms with van der Waals surface area (Å²) in [5.41, 5.74) is -5.91. The molecule has 0 bridgehead atoms. The topological polar surface area (TPSA) is 29.1 Å². The number of alkyl halides is 6. The van der Waals surface area contributed by atoms with Crippen molar-refractivity contribution in [1.82, 2.24) is 0 Å². The van der Waals surface area contributed by atoms with Gasteiger partial charge in [-0.1, -0.05) is 30.3 Å². The fourth-order valence-electron chi connectivity index (χ4n) is 2.41. The fourth-order valence-corrected chi connectivity index (χ4v) is 2.41. The summed E-state index contributed by atoms with van der Waals surface area (Å²) in [6.07, 6.45) is -13.7. The van der Waals surface area contributed by atoms with E-state index in [0.29, 0.717) is 12.1 Å². The largest absolute Gasteiger partial charge is 0.412 e. The molecule has 0 aliphatic heterocycles. The molecule has 2 aromatic carbocycles. The summed E-state index contributed by atoms with van der Waals surface area (Å²) in [6.45, 7) is 0. The fraction of sp³-hybridized carbons (Fsp3) is 0.235. The van der Waals surface area contributed by atoms with Crippen molar-refractivity contribution in [3.8, 4) is 0 Å². The molecule has 1 N–H and O–H groups in total. The van der Waals surface area contributed by atoms with Gasteiger partial charge in [0.25, 0.3) is 0 Å². The van der Waals surface area contributed by atoms with E-state index in [4.69, 9.17) is 0 Å². The van der Waals surface area contributed by atoms with Gasteiger partial charge in [-0.3, -0.25) is 4.79 Å². The molecule has 0 heterocycles. The molecular formula is C17H11F8NO. The van der Waals surface area contributed by atoms with E-state index in [1.54, 1.807) is 0 Å². The normalized spacial score (nSPS) is 12.7. The Hall–Kier alpha value is -2.65. The Morgan fingerprint density at radius 3 is 1.85 bits per heavy atom. The van der Waals surface area contributed by atoms with Crippen molar-refractivity contribution >= 4 is 11.6 Å². The molecule has 146 valence electrons. The van der Waals surface area contributed by atoms with Crippen LogP contribution in [0, 0.1) is 17.0 Å². The van der Waals surface area contributed by atoms with Crippen LogP contribution in [-0.2, 0) is 11.2 Å². The molecule has 2 nitrogen and oxygen atoms in total. The van der Waals surface area contributed by atoms with Crippen LogP contribution < -0.4 is 5.32 Å². The molecule has 2 aromatic rings. The number of nitrogens with one attached hydrogen (secondary N) is 1. The Kier molecular flexibility index (Phi) is 5.48. The van der Waals surface area contributed by atoms with Crippen LogP contribution in [0.5, 0.6) is 0 Å². The molecule has 27 heavy (non-hydrogen) atoms. The summed E-state index contributed by atoms with van der Waals surface area (Å²) in [5.74, 6) is -5.37. The molecule has 0 aromatic heterocycles. The number of anilines is 1. The van der Waals surface area contributed by atoms with Crippen LogP contribution in [0.25, 0.3) is 0 Å². The summed E-state index contributed by atoms with van der Waals surface area (Å²) < 4.78 is 107. The molecule has 0 unspecified atom stereocenters. The highest BCUT2D eigenvalue weighted by molar-refractivity contribution is 5.96. The maximum atomic E-state index is 13.5. The van der Waals surface area contributed by atoms with Crippen molar-refractivity contribution in [2.45, 2.75) is 18.8 Å². The maximum absolute atomic E-state index is 13.5. The second kappa shape index (κ2) is 7.16. The molecule has 0 radical (unpaired) electrons.